The highest BCUT2D eigenvalue weighted by Crippen LogP contribution is 2.43. The Morgan fingerprint density at radius 3 is 2.75 bits per heavy atom. The number of hydrogen-bond donors (Lipinski definition) is 1. The summed E-state index contributed by atoms with van der Waals surface area (Å²) < 4.78 is 6.45. The van der Waals surface area contributed by atoms with Crippen molar-refractivity contribution in [3.05, 3.63) is 29.8 Å². The second-order valence-corrected chi connectivity index (χ2v) is 6.21. The van der Waals surface area contributed by atoms with Gasteiger partial charge in [-0.05, 0) is 38.9 Å². The molecule has 2 heterocycles. The number of hydrogen-bond acceptors (Lipinski definition) is 3. The van der Waals surface area contributed by atoms with Crippen molar-refractivity contribution < 1.29 is 4.74 Å². The topological polar surface area (TPSA) is 24.5 Å². The van der Waals surface area contributed by atoms with Crippen molar-refractivity contribution in [2.75, 3.05) is 26.7 Å². The molecule has 1 saturated heterocycles. The average Bonchev–Trinajstić information content (AvgIpc) is 2.49. The van der Waals surface area contributed by atoms with Crippen molar-refractivity contribution >= 4 is 0 Å². The van der Waals surface area contributed by atoms with Gasteiger partial charge in [-0.2, -0.15) is 0 Å². The van der Waals surface area contributed by atoms with Gasteiger partial charge < -0.3 is 15.0 Å². The summed E-state index contributed by atoms with van der Waals surface area (Å²) in [4.78, 5) is 2.57. The van der Waals surface area contributed by atoms with E-state index in [1.54, 1.807) is 0 Å². The number of nitrogens with one attached hydrogen (secondary N) is 1. The smallest absolute Gasteiger partial charge is 0.124 e. The summed E-state index contributed by atoms with van der Waals surface area (Å²) in [6, 6.07) is 8.93. The molecule has 1 N–H and O–H groups in total. The highest BCUT2D eigenvalue weighted by molar-refractivity contribution is 5.39. The van der Waals surface area contributed by atoms with Gasteiger partial charge in [0, 0.05) is 31.1 Å². The zero-order valence-corrected chi connectivity index (χ0v) is 12.7. The fourth-order valence-corrected chi connectivity index (χ4v) is 3.68. The van der Waals surface area contributed by atoms with Crippen molar-refractivity contribution in [1.82, 2.24) is 10.2 Å². The van der Waals surface area contributed by atoms with Crippen LogP contribution in [-0.4, -0.2) is 37.2 Å². The Hall–Kier alpha value is -1.06. The van der Waals surface area contributed by atoms with Crippen LogP contribution in [0.4, 0.5) is 0 Å². The number of para-hydroxylation sites is 1. The van der Waals surface area contributed by atoms with Crippen molar-refractivity contribution in [1.29, 1.82) is 0 Å². The first kappa shape index (κ1) is 13.9. The Morgan fingerprint density at radius 2 is 2.05 bits per heavy atom. The van der Waals surface area contributed by atoms with E-state index in [4.69, 9.17) is 4.74 Å². The lowest BCUT2D eigenvalue weighted by Crippen LogP contribution is -2.51. The van der Waals surface area contributed by atoms with Crippen LogP contribution in [0, 0.1) is 0 Å². The number of nitrogens with zero attached hydrogens (tertiary/aromatic N) is 1. The molecule has 0 aromatic heterocycles. The molecular weight excluding hydrogens is 248 g/mol. The molecule has 1 aromatic rings. The van der Waals surface area contributed by atoms with Gasteiger partial charge in [0.2, 0.25) is 0 Å². The predicted molar refractivity (Wildman–Crippen MR) is 82.2 cm³/mol. The Labute approximate surface area is 122 Å². The molecule has 0 amide bonds. The molecule has 0 radical (unpaired) electrons. The zero-order chi connectivity index (χ0) is 14.0. The van der Waals surface area contributed by atoms with Gasteiger partial charge in [0.15, 0.2) is 0 Å². The highest BCUT2D eigenvalue weighted by Gasteiger charge is 2.42. The third-order valence-electron chi connectivity index (χ3n) is 4.85. The standard InChI is InChI=1S/C17H26N2O/c1-3-10-19-11-8-17(9-12-19)13-15(18-2)14-6-4-5-7-16(14)20-17/h4-7,15,18H,3,8-13H2,1-2H3. The van der Waals surface area contributed by atoms with E-state index in [2.05, 4.69) is 48.5 Å². The summed E-state index contributed by atoms with van der Waals surface area (Å²) in [6.07, 6.45) is 4.65. The van der Waals surface area contributed by atoms with Crippen molar-refractivity contribution in [3.8, 4) is 5.75 Å². The van der Waals surface area contributed by atoms with Crippen LogP contribution in [0.15, 0.2) is 24.3 Å². The largest absolute Gasteiger partial charge is 0.487 e. The molecule has 1 unspecified atom stereocenters. The number of ether oxygens (including phenoxy) is 1. The zero-order valence-electron chi connectivity index (χ0n) is 12.7. The van der Waals surface area contributed by atoms with Crippen LogP contribution < -0.4 is 10.1 Å². The van der Waals surface area contributed by atoms with Gasteiger partial charge in [-0.3, -0.25) is 0 Å². The van der Waals surface area contributed by atoms with E-state index in [9.17, 15) is 0 Å². The lowest BCUT2D eigenvalue weighted by atomic mass is 9.80. The van der Waals surface area contributed by atoms with Gasteiger partial charge in [0.25, 0.3) is 0 Å². The van der Waals surface area contributed by atoms with E-state index < -0.39 is 0 Å². The number of piperidine rings is 1. The molecule has 3 rings (SSSR count). The maximum Gasteiger partial charge on any atom is 0.124 e. The molecule has 3 nitrogen and oxygen atoms in total. The Morgan fingerprint density at radius 1 is 1.30 bits per heavy atom. The quantitative estimate of drug-likeness (QED) is 0.917. The first-order valence-corrected chi connectivity index (χ1v) is 7.94. The highest BCUT2D eigenvalue weighted by atomic mass is 16.5. The van der Waals surface area contributed by atoms with Crippen LogP contribution in [0.3, 0.4) is 0 Å². The van der Waals surface area contributed by atoms with Crippen LogP contribution in [0.25, 0.3) is 0 Å². The lowest BCUT2D eigenvalue weighted by Gasteiger charge is -2.47. The van der Waals surface area contributed by atoms with Crippen LogP contribution in [0.5, 0.6) is 5.75 Å². The van der Waals surface area contributed by atoms with Crippen molar-refractivity contribution in [2.45, 2.75) is 44.2 Å². The molecule has 1 aromatic carbocycles. The summed E-state index contributed by atoms with van der Waals surface area (Å²) in [5.41, 5.74) is 1.36. The Bertz CT molecular complexity index is 452. The summed E-state index contributed by atoms with van der Waals surface area (Å²) in [5, 5.41) is 3.47. The fourth-order valence-electron chi connectivity index (χ4n) is 3.68. The molecule has 2 aliphatic rings. The third-order valence-corrected chi connectivity index (χ3v) is 4.85. The number of likely N-dealkylation sites (tertiary alicyclic amines) is 1. The first-order valence-electron chi connectivity index (χ1n) is 7.94. The van der Waals surface area contributed by atoms with Crippen LogP contribution in [-0.2, 0) is 0 Å². The molecule has 3 heteroatoms. The molecule has 2 aliphatic heterocycles. The van der Waals surface area contributed by atoms with E-state index in [1.165, 1.54) is 31.6 Å². The minimum Gasteiger partial charge on any atom is -0.487 e. The van der Waals surface area contributed by atoms with E-state index in [0.717, 1.165) is 25.0 Å². The van der Waals surface area contributed by atoms with E-state index in [1.807, 2.05) is 0 Å². The summed E-state index contributed by atoms with van der Waals surface area (Å²) >= 11 is 0. The number of benzene rings is 1. The molecule has 1 spiro atoms. The predicted octanol–water partition coefficient (Wildman–Crippen LogP) is 2.97. The Balaban J connectivity index is 1.77. The molecule has 0 saturated carbocycles. The Kier molecular flexibility index (Phi) is 3.99. The molecular formula is C17H26N2O. The van der Waals surface area contributed by atoms with Gasteiger partial charge in [-0.15, -0.1) is 0 Å². The normalized spacial score (nSPS) is 25.2. The van der Waals surface area contributed by atoms with Gasteiger partial charge in [0.1, 0.15) is 11.4 Å². The number of fused-ring (bicyclic) bond motifs is 1. The second-order valence-electron chi connectivity index (χ2n) is 6.21. The van der Waals surface area contributed by atoms with Crippen LogP contribution in [0.2, 0.25) is 0 Å². The van der Waals surface area contributed by atoms with Crippen LogP contribution >= 0.6 is 0 Å². The molecule has 0 aliphatic carbocycles. The molecule has 1 fully saturated rings. The van der Waals surface area contributed by atoms with Crippen LogP contribution in [0.1, 0.15) is 44.2 Å². The lowest BCUT2D eigenvalue weighted by molar-refractivity contribution is -0.0245. The number of rotatable bonds is 3. The molecule has 1 atom stereocenters. The van der Waals surface area contributed by atoms with Gasteiger partial charge >= 0.3 is 0 Å². The van der Waals surface area contributed by atoms with Gasteiger partial charge in [0.05, 0.1) is 0 Å². The second kappa shape index (κ2) is 5.74. The van der Waals surface area contributed by atoms with E-state index in [-0.39, 0.29) is 5.60 Å². The molecule has 20 heavy (non-hydrogen) atoms. The average molecular weight is 274 g/mol. The molecule has 0 bridgehead atoms. The maximum absolute atomic E-state index is 6.45. The first-order chi connectivity index (χ1) is 9.76. The van der Waals surface area contributed by atoms with E-state index in [0.29, 0.717) is 6.04 Å². The monoisotopic (exact) mass is 274 g/mol. The summed E-state index contributed by atoms with van der Waals surface area (Å²) in [6.45, 7) is 5.83. The summed E-state index contributed by atoms with van der Waals surface area (Å²) in [7, 11) is 2.06. The third kappa shape index (κ3) is 2.57. The van der Waals surface area contributed by atoms with E-state index >= 15 is 0 Å². The van der Waals surface area contributed by atoms with Gasteiger partial charge in [-0.1, -0.05) is 25.1 Å². The molecule has 110 valence electrons. The fraction of sp³-hybridized carbons (Fsp3) is 0.647. The summed E-state index contributed by atoms with van der Waals surface area (Å²) in [5.74, 6) is 1.09. The van der Waals surface area contributed by atoms with Crippen molar-refractivity contribution in [2.24, 2.45) is 0 Å². The van der Waals surface area contributed by atoms with Crippen molar-refractivity contribution in [3.63, 3.8) is 0 Å². The maximum atomic E-state index is 6.45. The van der Waals surface area contributed by atoms with Gasteiger partial charge in [-0.25, -0.2) is 0 Å². The minimum atomic E-state index is 0.0479. The minimum absolute atomic E-state index is 0.0479. The SMILES string of the molecule is CCCN1CCC2(CC1)CC(NC)c1ccccc1O2.